The van der Waals surface area contributed by atoms with Gasteiger partial charge in [0.15, 0.2) is 0 Å². The first-order valence-corrected chi connectivity index (χ1v) is 7.01. The van der Waals surface area contributed by atoms with Crippen molar-refractivity contribution in [1.29, 1.82) is 0 Å². The summed E-state index contributed by atoms with van der Waals surface area (Å²) in [6.07, 6.45) is 1.48. The molecule has 0 aliphatic heterocycles. The summed E-state index contributed by atoms with van der Waals surface area (Å²) in [7, 11) is 0. The summed E-state index contributed by atoms with van der Waals surface area (Å²) in [6, 6.07) is 15.4. The third-order valence-corrected chi connectivity index (χ3v) is 3.22. The highest BCUT2D eigenvalue weighted by molar-refractivity contribution is 5.78. The van der Waals surface area contributed by atoms with Crippen molar-refractivity contribution in [2.75, 3.05) is 5.43 Å². The Morgan fingerprint density at radius 3 is 2.42 bits per heavy atom. The number of halogens is 1. The lowest BCUT2D eigenvalue weighted by molar-refractivity contribution is -0.384. The van der Waals surface area contributed by atoms with Gasteiger partial charge in [0.05, 0.1) is 16.8 Å². The largest absolute Gasteiger partial charge is 0.455 e. The van der Waals surface area contributed by atoms with Gasteiger partial charge in [-0.05, 0) is 48.5 Å². The average molecular weight is 325 g/mol. The molecule has 0 saturated heterocycles. The minimum Gasteiger partial charge on any atom is -0.455 e. The second-order valence-corrected chi connectivity index (χ2v) is 4.88. The van der Waals surface area contributed by atoms with Crippen LogP contribution in [0.25, 0.3) is 11.3 Å². The number of nitrogens with zero attached hydrogens (tertiary/aromatic N) is 2. The van der Waals surface area contributed by atoms with Crippen molar-refractivity contribution >= 4 is 17.6 Å². The van der Waals surface area contributed by atoms with Crippen LogP contribution in [0.15, 0.2) is 70.2 Å². The molecule has 3 rings (SSSR count). The fourth-order valence-corrected chi connectivity index (χ4v) is 2.02. The van der Waals surface area contributed by atoms with E-state index in [1.54, 1.807) is 36.4 Å². The molecule has 0 atom stereocenters. The predicted molar refractivity (Wildman–Crippen MR) is 88.4 cm³/mol. The predicted octanol–water partition coefficient (Wildman–Crippen LogP) is 4.44. The van der Waals surface area contributed by atoms with Crippen LogP contribution in [0.5, 0.6) is 0 Å². The minimum atomic E-state index is -0.453. The Morgan fingerprint density at radius 2 is 1.75 bits per heavy atom. The van der Waals surface area contributed by atoms with E-state index in [4.69, 9.17) is 4.42 Å². The van der Waals surface area contributed by atoms with Crippen LogP contribution in [0.1, 0.15) is 5.76 Å². The average Bonchev–Trinajstić information content (AvgIpc) is 3.06. The van der Waals surface area contributed by atoms with Gasteiger partial charge in [-0.1, -0.05) is 0 Å². The van der Waals surface area contributed by atoms with E-state index in [1.807, 2.05) is 0 Å². The maximum atomic E-state index is 12.8. The van der Waals surface area contributed by atoms with Crippen LogP contribution in [-0.4, -0.2) is 11.1 Å². The molecule has 0 bridgehead atoms. The topological polar surface area (TPSA) is 80.7 Å². The van der Waals surface area contributed by atoms with Crippen LogP contribution in [0, 0.1) is 15.9 Å². The molecule has 1 heterocycles. The van der Waals surface area contributed by atoms with Crippen molar-refractivity contribution in [3.8, 4) is 11.3 Å². The summed E-state index contributed by atoms with van der Waals surface area (Å²) in [5.74, 6) is 0.773. The molecule has 6 nitrogen and oxygen atoms in total. The van der Waals surface area contributed by atoms with E-state index in [-0.39, 0.29) is 11.5 Å². The second-order valence-electron chi connectivity index (χ2n) is 4.88. The van der Waals surface area contributed by atoms with Crippen LogP contribution in [0.3, 0.4) is 0 Å². The molecule has 0 unspecified atom stereocenters. The van der Waals surface area contributed by atoms with Gasteiger partial charge in [-0.15, -0.1) is 0 Å². The van der Waals surface area contributed by atoms with Crippen LogP contribution >= 0.6 is 0 Å². The highest BCUT2D eigenvalue weighted by Crippen LogP contribution is 2.24. The standard InChI is InChI=1S/C17H12FN3O3/c18-13-3-5-14(6-4-13)20-19-11-16-9-10-17(24-16)12-1-7-15(8-2-12)21(22)23/h1-11,20H/b19-11+. The summed E-state index contributed by atoms with van der Waals surface area (Å²) in [5, 5.41) is 14.6. The van der Waals surface area contributed by atoms with Crippen LogP contribution in [0.4, 0.5) is 15.8 Å². The Kier molecular flexibility index (Phi) is 4.33. The van der Waals surface area contributed by atoms with Crippen molar-refractivity contribution in [1.82, 2.24) is 0 Å². The first-order valence-electron chi connectivity index (χ1n) is 7.01. The Bertz CT molecular complexity index is 871. The summed E-state index contributed by atoms with van der Waals surface area (Å²) in [4.78, 5) is 10.2. The van der Waals surface area contributed by atoms with E-state index in [0.29, 0.717) is 17.2 Å². The molecular weight excluding hydrogens is 313 g/mol. The number of rotatable bonds is 5. The molecule has 0 spiro atoms. The van der Waals surface area contributed by atoms with Crippen LogP contribution in [0.2, 0.25) is 0 Å². The van der Waals surface area contributed by atoms with Gasteiger partial charge >= 0.3 is 0 Å². The van der Waals surface area contributed by atoms with Crippen molar-refractivity contribution < 1.29 is 13.7 Å². The number of nitro groups is 1. The van der Waals surface area contributed by atoms with E-state index in [2.05, 4.69) is 10.5 Å². The fourth-order valence-electron chi connectivity index (χ4n) is 2.02. The number of hydrogen-bond acceptors (Lipinski definition) is 5. The van der Waals surface area contributed by atoms with Gasteiger partial charge in [0, 0.05) is 17.7 Å². The van der Waals surface area contributed by atoms with Gasteiger partial charge < -0.3 is 4.42 Å². The number of anilines is 1. The molecule has 0 saturated carbocycles. The zero-order valence-corrected chi connectivity index (χ0v) is 12.3. The number of nitrogens with one attached hydrogen (secondary N) is 1. The monoisotopic (exact) mass is 325 g/mol. The molecule has 0 aliphatic carbocycles. The normalized spacial score (nSPS) is 10.9. The molecule has 3 aromatic rings. The number of hydrazone groups is 1. The summed E-state index contributed by atoms with van der Waals surface area (Å²) >= 11 is 0. The maximum Gasteiger partial charge on any atom is 0.269 e. The number of nitro benzene ring substituents is 1. The zero-order valence-electron chi connectivity index (χ0n) is 12.3. The van der Waals surface area contributed by atoms with Gasteiger partial charge in [0.25, 0.3) is 5.69 Å². The first-order chi connectivity index (χ1) is 11.6. The second kappa shape index (κ2) is 6.74. The third kappa shape index (κ3) is 3.64. The summed E-state index contributed by atoms with van der Waals surface area (Å²) in [6.45, 7) is 0. The molecule has 1 N–H and O–H groups in total. The van der Waals surface area contributed by atoms with Crippen molar-refractivity contribution in [3.05, 3.63) is 82.4 Å². The summed E-state index contributed by atoms with van der Waals surface area (Å²) in [5.41, 5.74) is 4.16. The van der Waals surface area contributed by atoms with Gasteiger partial charge in [0.2, 0.25) is 0 Å². The lowest BCUT2D eigenvalue weighted by atomic mass is 10.1. The van der Waals surface area contributed by atoms with E-state index in [1.165, 1.54) is 30.5 Å². The molecule has 2 aromatic carbocycles. The third-order valence-electron chi connectivity index (χ3n) is 3.22. The molecule has 0 amide bonds. The SMILES string of the molecule is O=[N+]([O-])c1ccc(-c2ccc(/C=N/Nc3ccc(F)cc3)o2)cc1. The highest BCUT2D eigenvalue weighted by Gasteiger charge is 2.07. The molecule has 24 heavy (non-hydrogen) atoms. The lowest BCUT2D eigenvalue weighted by Crippen LogP contribution is -1.89. The van der Waals surface area contributed by atoms with E-state index < -0.39 is 4.92 Å². The van der Waals surface area contributed by atoms with Crippen LogP contribution < -0.4 is 5.43 Å². The Hall–Kier alpha value is -3.48. The van der Waals surface area contributed by atoms with Gasteiger partial charge in [-0.3, -0.25) is 15.5 Å². The van der Waals surface area contributed by atoms with E-state index in [0.717, 1.165) is 5.56 Å². The first kappa shape index (κ1) is 15.4. The maximum absolute atomic E-state index is 12.8. The number of hydrogen-bond donors (Lipinski definition) is 1. The van der Waals surface area contributed by atoms with Crippen molar-refractivity contribution in [2.45, 2.75) is 0 Å². The number of benzene rings is 2. The van der Waals surface area contributed by atoms with Crippen molar-refractivity contribution in [3.63, 3.8) is 0 Å². The van der Waals surface area contributed by atoms with Gasteiger partial charge in [-0.2, -0.15) is 5.10 Å². The number of furan rings is 1. The molecule has 120 valence electrons. The molecule has 0 aliphatic rings. The molecule has 0 radical (unpaired) electrons. The smallest absolute Gasteiger partial charge is 0.269 e. The number of non-ortho nitro benzene ring substituents is 1. The van der Waals surface area contributed by atoms with Gasteiger partial charge in [-0.25, -0.2) is 4.39 Å². The van der Waals surface area contributed by atoms with Crippen LogP contribution in [-0.2, 0) is 0 Å². The van der Waals surface area contributed by atoms with E-state index in [9.17, 15) is 14.5 Å². The van der Waals surface area contributed by atoms with E-state index >= 15 is 0 Å². The van der Waals surface area contributed by atoms with Crippen molar-refractivity contribution in [2.24, 2.45) is 5.10 Å². The summed E-state index contributed by atoms with van der Waals surface area (Å²) < 4.78 is 18.4. The molecular formula is C17H12FN3O3. The Morgan fingerprint density at radius 1 is 1.04 bits per heavy atom. The highest BCUT2D eigenvalue weighted by atomic mass is 19.1. The lowest BCUT2D eigenvalue weighted by Gasteiger charge is -1.98. The zero-order chi connectivity index (χ0) is 16.9. The quantitative estimate of drug-likeness (QED) is 0.427. The molecule has 7 heteroatoms. The molecule has 0 fully saturated rings. The minimum absolute atomic E-state index is 0.0237. The Labute approximate surface area is 136 Å². The Balaban J connectivity index is 1.67. The van der Waals surface area contributed by atoms with Gasteiger partial charge in [0.1, 0.15) is 17.3 Å². The fraction of sp³-hybridized carbons (Fsp3) is 0. The molecule has 1 aromatic heterocycles.